The van der Waals surface area contributed by atoms with Crippen molar-refractivity contribution in [2.24, 2.45) is 0 Å². The molecule has 38 heavy (non-hydrogen) atoms. The quantitative estimate of drug-likeness (QED) is 0.269. The molecule has 3 aromatic carbocycles. The Labute approximate surface area is 227 Å². The van der Waals surface area contributed by atoms with Gasteiger partial charge in [-0.1, -0.05) is 30.3 Å². The van der Waals surface area contributed by atoms with E-state index in [2.05, 4.69) is 10.3 Å². The first kappa shape index (κ1) is 27.3. The number of carbonyl (C=O) groups is 1. The van der Waals surface area contributed by atoms with Crippen molar-refractivity contribution in [2.45, 2.75) is 30.2 Å². The van der Waals surface area contributed by atoms with Crippen molar-refractivity contribution in [3.05, 3.63) is 96.6 Å². The van der Waals surface area contributed by atoms with E-state index in [1.54, 1.807) is 54.7 Å². The summed E-state index contributed by atoms with van der Waals surface area (Å²) in [5, 5.41) is 2.89. The third-order valence-corrected chi connectivity index (χ3v) is 8.44. The molecule has 1 N–H and O–H groups in total. The SMILES string of the molecule is CCOc1ccccc1N(CC(=O)NCc1ccccc1-n1ccnc1C)S(=O)(=O)c1ccc(SC)cc1. The normalized spacial score (nSPS) is 11.2. The van der Waals surface area contributed by atoms with Gasteiger partial charge < -0.3 is 14.6 Å². The van der Waals surface area contributed by atoms with Crippen molar-refractivity contribution in [3.63, 3.8) is 0 Å². The molecule has 0 radical (unpaired) electrons. The number of hydrogen-bond acceptors (Lipinski definition) is 6. The first-order chi connectivity index (χ1) is 18.3. The fourth-order valence-corrected chi connectivity index (χ4v) is 5.86. The molecule has 0 aliphatic heterocycles. The average Bonchev–Trinajstić information content (AvgIpc) is 3.36. The van der Waals surface area contributed by atoms with Gasteiger partial charge in [-0.05, 0) is 68.1 Å². The van der Waals surface area contributed by atoms with Crippen LogP contribution in [-0.2, 0) is 21.4 Å². The Morgan fingerprint density at radius 2 is 1.76 bits per heavy atom. The Hall–Kier alpha value is -3.76. The number of aromatic nitrogens is 2. The number of aryl methyl sites for hydroxylation is 1. The number of anilines is 1. The molecule has 4 aromatic rings. The summed E-state index contributed by atoms with van der Waals surface area (Å²) in [6.07, 6.45) is 5.50. The number of nitrogens with one attached hydrogen (secondary N) is 1. The number of rotatable bonds is 11. The molecule has 0 fully saturated rings. The Bertz CT molecular complexity index is 1500. The van der Waals surface area contributed by atoms with Crippen molar-refractivity contribution in [1.29, 1.82) is 0 Å². The maximum atomic E-state index is 13.8. The highest BCUT2D eigenvalue weighted by Gasteiger charge is 2.29. The molecule has 0 bridgehead atoms. The summed E-state index contributed by atoms with van der Waals surface area (Å²) >= 11 is 1.52. The van der Waals surface area contributed by atoms with Crippen LogP contribution in [0, 0.1) is 6.92 Å². The smallest absolute Gasteiger partial charge is 0.264 e. The van der Waals surface area contributed by atoms with E-state index < -0.39 is 22.5 Å². The zero-order valence-electron chi connectivity index (χ0n) is 21.5. The highest BCUT2D eigenvalue weighted by molar-refractivity contribution is 7.98. The first-order valence-electron chi connectivity index (χ1n) is 12.1. The molecule has 0 spiro atoms. The van der Waals surface area contributed by atoms with Crippen LogP contribution >= 0.6 is 11.8 Å². The number of amides is 1. The fourth-order valence-electron chi connectivity index (χ4n) is 4.02. The summed E-state index contributed by atoms with van der Waals surface area (Å²) < 4.78 is 36.4. The van der Waals surface area contributed by atoms with Crippen LogP contribution in [0.2, 0.25) is 0 Å². The van der Waals surface area contributed by atoms with Gasteiger partial charge in [-0.15, -0.1) is 11.8 Å². The van der Waals surface area contributed by atoms with Crippen LogP contribution in [0.25, 0.3) is 5.69 Å². The minimum atomic E-state index is -4.08. The van der Waals surface area contributed by atoms with Crippen LogP contribution in [0.1, 0.15) is 18.3 Å². The summed E-state index contributed by atoms with van der Waals surface area (Å²) in [5.41, 5.74) is 2.06. The van der Waals surface area contributed by atoms with Crippen LogP contribution < -0.4 is 14.4 Å². The number of nitrogens with zero attached hydrogens (tertiary/aromatic N) is 3. The van der Waals surface area contributed by atoms with Crippen molar-refractivity contribution in [3.8, 4) is 11.4 Å². The van der Waals surface area contributed by atoms with Crippen LogP contribution in [0.5, 0.6) is 5.75 Å². The molecular weight excluding hydrogens is 520 g/mol. The number of imidazole rings is 1. The van der Waals surface area contributed by atoms with Gasteiger partial charge in [0.05, 0.1) is 22.9 Å². The van der Waals surface area contributed by atoms with E-state index >= 15 is 0 Å². The molecule has 0 saturated carbocycles. The van der Waals surface area contributed by atoms with Crippen molar-refractivity contribution in [2.75, 3.05) is 23.7 Å². The topological polar surface area (TPSA) is 93.5 Å². The van der Waals surface area contributed by atoms with Gasteiger partial charge in [0, 0.05) is 23.8 Å². The molecule has 1 heterocycles. The van der Waals surface area contributed by atoms with E-state index in [4.69, 9.17) is 4.74 Å². The number of benzene rings is 3. The number of hydrogen-bond donors (Lipinski definition) is 1. The molecule has 1 amide bonds. The van der Waals surface area contributed by atoms with Crippen molar-refractivity contribution in [1.82, 2.24) is 14.9 Å². The lowest BCUT2D eigenvalue weighted by Crippen LogP contribution is -2.41. The van der Waals surface area contributed by atoms with Gasteiger partial charge in [-0.25, -0.2) is 13.4 Å². The largest absolute Gasteiger partial charge is 0.492 e. The lowest BCUT2D eigenvalue weighted by atomic mass is 10.1. The Morgan fingerprint density at radius 3 is 2.45 bits per heavy atom. The molecule has 10 heteroatoms. The highest BCUT2D eigenvalue weighted by atomic mass is 32.2. The van der Waals surface area contributed by atoms with Gasteiger partial charge in [0.1, 0.15) is 18.1 Å². The molecule has 0 unspecified atom stereocenters. The summed E-state index contributed by atoms with van der Waals surface area (Å²) in [6, 6.07) is 21.1. The summed E-state index contributed by atoms with van der Waals surface area (Å²) in [4.78, 5) is 18.5. The lowest BCUT2D eigenvalue weighted by molar-refractivity contribution is -0.119. The summed E-state index contributed by atoms with van der Waals surface area (Å²) in [7, 11) is -4.08. The first-order valence-corrected chi connectivity index (χ1v) is 14.7. The molecule has 0 aliphatic carbocycles. The molecule has 0 saturated heterocycles. The monoisotopic (exact) mass is 550 g/mol. The second kappa shape index (κ2) is 12.2. The van der Waals surface area contributed by atoms with Gasteiger partial charge in [-0.3, -0.25) is 9.10 Å². The second-order valence-electron chi connectivity index (χ2n) is 8.34. The van der Waals surface area contributed by atoms with Gasteiger partial charge in [0.2, 0.25) is 5.91 Å². The molecule has 0 aliphatic rings. The Kier molecular flexibility index (Phi) is 8.75. The summed E-state index contributed by atoms with van der Waals surface area (Å²) in [6.45, 7) is 3.88. The van der Waals surface area contributed by atoms with Crippen LogP contribution in [-0.4, -0.2) is 43.3 Å². The zero-order valence-corrected chi connectivity index (χ0v) is 23.1. The number of thioether (sulfide) groups is 1. The maximum Gasteiger partial charge on any atom is 0.264 e. The number of ether oxygens (including phenoxy) is 1. The molecule has 198 valence electrons. The fraction of sp³-hybridized carbons (Fsp3) is 0.214. The lowest BCUT2D eigenvalue weighted by Gasteiger charge is -2.26. The molecular formula is C28H30N4O4S2. The van der Waals surface area contributed by atoms with E-state index in [0.717, 1.165) is 26.3 Å². The highest BCUT2D eigenvalue weighted by Crippen LogP contribution is 2.33. The van der Waals surface area contributed by atoms with Crippen LogP contribution in [0.3, 0.4) is 0 Å². The van der Waals surface area contributed by atoms with Crippen LogP contribution in [0.15, 0.2) is 95.0 Å². The minimum absolute atomic E-state index is 0.0929. The summed E-state index contributed by atoms with van der Waals surface area (Å²) in [5.74, 6) is 0.756. The predicted molar refractivity (Wildman–Crippen MR) is 151 cm³/mol. The van der Waals surface area contributed by atoms with Gasteiger partial charge in [0.15, 0.2) is 0 Å². The number of para-hydroxylation sites is 3. The molecule has 8 nitrogen and oxygen atoms in total. The average molecular weight is 551 g/mol. The Balaban J connectivity index is 1.62. The molecule has 1 aromatic heterocycles. The Morgan fingerprint density at radius 1 is 1.05 bits per heavy atom. The zero-order chi connectivity index (χ0) is 27.1. The molecule has 0 atom stereocenters. The number of carbonyl (C=O) groups excluding carboxylic acids is 1. The standard InChI is InChI=1S/C28H30N4O4S2/c1-4-36-27-12-8-7-11-26(27)32(38(34,35)24-15-13-23(37-3)14-16-24)20-28(33)30-19-22-9-5-6-10-25(22)31-18-17-29-21(31)2/h5-18H,4,19-20H2,1-3H3,(H,30,33). The second-order valence-corrected chi connectivity index (χ2v) is 11.1. The van der Waals surface area contributed by atoms with E-state index in [-0.39, 0.29) is 11.4 Å². The third kappa shape index (κ3) is 6.03. The van der Waals surface area contributed by atoms with E-state index in [9.17, 15) is 13.2 Å². The predicted octanol–water partition coefficient (Wildman–Crippen LogP) is 4.81. The van der Waals surface area contributed by atoms with Gasteiger partial charge in [-0.2, -0.15) is 0 Å². The third-order valence-electron chi connectivity index (χ3n) is 5.92. The van der Waals surface area contributed by atoms with E-state index in [0.29, 0.717) is 18.0 Å². The van der Waals surface area contributed by atoms with Gasteiger partial charge in [0.25, 0.3) is 10.0 Å². The van der Waals surface area contributed by atoms with E-state index in [1.165, 1.54) is 11.8 Å². The van der Waals surface area contributed by atoms with E-state index in [1.807, 2.05) is 55.1 Å². The van der Waals surface area contributed by atoms with Crippen LogP contribution in [0.4, 0.5) is 5.69 Å². The molecule has 4 rings (SSSR count). The van der Waals surface area contributed by atoms with Gasteiger partial charge >= 0.3 is 0 Å². The minimum Gasteiger partial charge on any atom is -0.492 e. The van der Waals surface area contributed by atoms with Crippen molar-refractivity contribution >= 4 is 33.4 Å². The maximum absolute atomic E-state index is 13.8. The number of sulfonamides is 1. The van der Waals surface area contributed by atoms with Crippen molar-refractivity contribution < 1.29 is 17.9 Å².